The minimum Gasteiger partial charge on any atom is -0.378 e. The predicted molar refractivity (Wildman–Crippen MR) is 101 cm³/mol. The highest BCUT2D eigenvalue weighted by molar-refractivity contribution is 6.30. The molecule has 0 atom stereocenters. The van der Waals surface area contributed by atoms with Gasteiger partial charge in [0.15, 0.2) is 0 Å². The van der Waals surface area contributed by atoms with Crippen LogP contribution in [-0.4, -0.2) is 72.4 Å². The molecule has 9 nitrogen and oxygen atoms in total. The molecule has 2 aromatic rings. The highest BCUT2D eigenvalue weighted by Gasteiger charge is 2.23. The van der Waals surface area contributed by atoms with Gasteiger partial charge in [0.05, 0.1) is 18.2 Å². The average molecular weight is 387 g/mol. The number of ether oxygens (including phenoxy) is 1. The lowest BCUT2D eigenvalue weighted by Gasteiger charge is -2.35. The van der Waals surface area contributed by atoms with E-state index in [0.717, 1.165) is 32.0 Å². The Morgan fingerprint density at radius 2 is 1.52 bits per heavy atom. The number of morpholine rings is 1. The molecule has 27 heavy (non-hydrogen) atoms. The van der Waals surface area contributed by atoms with Gasteiger partial charge < -0.3 is 19.4 Å². The summed E-state index contributed by atoms with van der Waals surface area (Å²) in [4.78, 5) is 23.9. The van der Waals surface area contributed by atoms with E-state index in [1.165, 1.54) is 0 Å². The third kappa shape index (κ3) is 4.02. The summed E-state index contributed by atoms with van der Waals surface area (Å²) in [6.45, 7) is 5.74. The van der Waals surface area contributed by atoms with Crippen molar-refractivity contribution in [2.45, 2.75) is 0 Å². The van der Waals surface area contributed by atoms with Gasteiger partial charge in [0.25, 0.3) is 0 Å². The predicted octanol–water partition coefficient (Wildman–Crippen LogP) is 0.955. The molecule has 2 aliphatic rings. The molecule has 0 N–H and O–H groups in total. The van der Waals surface area contributed by atoms with E-state index in [1.54, 1.807) is 6.20 Å². The van der Waals surface area contributed by atoms with Crippen molar-refractivity contribution in [1.82, 2.24) is 19.9 Å². The van der Waals surface area contributed by atoms with Crippen molar-refractivity contribution in [1.29, 1.82) is 5.26 Å². The van der Waals surface area contributed by atoms with Crippen LogP contribution in [0.4, 0.5) is 17.7 Å². The van der Waals surface area contributed by atoms with Crippen LogP contribution >= 0.6 is 11.6 Å². The molecular formula is C17H19ClN8O. The maximum Gasteiger partial charge on any atom is 0.238 e. The maximum absolute atomic E-state index is 9.30. The molecule has 0 radical (unpaired) electrons. The minimum atomic E-state index is 0.142. The Hall–Kier alpha value is -2.70. The number of anilines is 3. The number of piperazine rings is 1. The number of aromatic nitrogens is 4. The second kappa shape index (κ2) is 7.90. The molecule has 10 heteroatoms. The summed E-state index contributed by atoms with van der Waals surface area (Å²) in [7, 11) is 0. The zero-order valence-electron chi connectivity index (χ0n) is 14.8. The molecule has 0 aliphatic carbocycles. The number of nitriles is 1. The largest absolute Gasteiger partial charge is 0.378 e. The molecule has 4 rings (SSSR count). The van der Waals surface area contributed by atoms with Crippen molar-refractivity contribution in [2.24, 2.45) is 0 Å². The van der Waals surface area contributed by atoms with Crippen molar-refractivity contribution in [3.63, 3.8) is 0 Å². The second-order valence-electron chi connectivity index (χ2n) is 6.28. The number of nitrogens with zero attached hydrogens (tertiary/aromatic N) is 8. The zero-order chi connectivity index (χ0) is 18.6. The van der Waals surface area contributed by atoms with Gasteiger partial charge in [-0.1, -0.05) is 11.6 Å². The first-order chi connectivity index (χ1) is 13.2. The molecule has 0 saturated carbocycles. The molecular weight excluding hydrogens is 368 g/mol. The summed E-state index contributed by atoms with van der Waals surface area (Å²) in [6, 6.07) is 5.81. The number of hydrogen-bond donors (Lipinski definition) is 0. The van der Waals surface area contributed by atoms with Crippen molar-refractivity contribution in [3.05, 3.63) is 29.2 Å². The van der Waals surface area contributed by atoms with Gasteiger partial charge in [-0.05, 0) is 12.1 Å². The van der Waals surface area contributed by atoms with Gasteiger partial charge in [-0.15, -0.1) is 0 Å². The Morgan fingerprint density at radius 1 is 0.889 bits per heavy atom. The summed E-state index contributed by atoms with van der Waals surface area (Å²) in [5.74, 6) is 2.14. The van der Waals surface area contributed by atoms with Gasteiger partial charge in [-0.3, -0.25) is 0 Å². The van der Waals surface area contributed by atoms with Crippen LogP contribution in [0.25, 0.3) is 0 Å². The van der Waals surface area contributed by atoms with E-state index >= 15 is 0 Å². The van der Waals surface area contributed by atoms with Gasteiger partial charge in [0.1, 0.15) is 11.9 Å². The molecule has 2 aliphatic heterocycles. The van der Waals surface area contributed by atoms with Crippen LogP contribution in [0.5, 0.6) is 0 Å². The standard InChI is InChI=1S/C17H19ClN8O/c18-13-1-2-15(20-12-13)24-3-5-25(6-4-24)16-21-14(11-19)22-17(23-16)26-7-9-27-10-8-26/h1-2,12H,3-10H2. The van der Waals surface area contributed by atoms with Gasteiger partial charge in [-0.2, -0.15) is 20.2 Å². The number of rotatable bonds is 3. The van der Waals surface area contributed by atoms with Crippen molar-refractivity contribution in [2.75, 3.05) is 67.2 Å². The van der Waals surface area contributed by atoms with Crippen molar-refractivity contribution >= 4 is 29.3 Å². The highest BCUT2D eigenvalue weighted by Crippen LogP contribution is 2.20. The molecule has 4 heterocycles. The van der Waals surface area contributed by atoms with E-state index in [4.69, 9.17) is 16.3 Å². The third-order valence-electron chi connectivity index (χ3n) is 4.60. The fourth-order valence-electron chi connectivity index (χ4n) is 3.14. The lowest BCUT2D eigenvalue weighted by atomic mass is 10.3. The summed E-state index contributed by atoms with van der Waals surface area (Å²) in [5, 5.41) is 9.93. The Balaban J connectivity index is 1.48. The topological polar surface area (TPSA) is 94.3 Å². The van der Waals surface area contributed by atoms with Crippen molar-refractivity contribution in [3.8, 4) is 6.07 Å². The van der Waals surface area contributed by atoms with Crippen LogP contribution in [0.15, 0.2) is 18.3 Å². The third-order valence-corrected chi connectivity index (χ3v) is 4.83. The van der Waals surface area contributed by atoms with E-state index in [2.05, 4.69) is 29.7 Å². The fourth-order valence-corrected chi connectivity index (χ4v) is 3.25. The molecule has 0 spiro atoms. The summed E-state index contributed by atoms with van der Waals surface area (Å²) < 4.78 is 5.38. The van der Waals surface area contributed by atoms with E-state index in [0.29, 0.717) is 43.2 Å². The molecule has 2 aromatic heterocycles. The number of pyridine rings is 1. The molecule has 2 saturated heterocycles. The zero-order valence-corrected chi connectivity index (χ0v) is 15.5. The average Bonchev–Trinajstić information content (AvgIpc) is 2.75. The summed E-state index contributed by atoms with van der Waals surface area (Å²) in [5.41, 5.74) is 0. The first kappa shape index (κ1) is 17.7. The van der Waals surface area contributed by atoms with E-state index in [9.17, 15) is 5.26 Å². The minimum absolute atomic E-state index is 0.142. The van der Waals surface area contributed by atoms with Crippen LogP contribution in [-0.2, 0) is 4.74 Å². The Bertz CT molecular complexity index is 826. The maximum atomic E-state index is 9.30. The highest BCUT2D eigenvalue weighted by atomic mass is 35.5. The fraction of sp³-hybridized carbons (Fsp3) is 0.471. The van der Waals surface area contributed by atoms with Crippen molar-refractivity contribution < 1.29 is 4.74 Å². The van der Waals surface area contributed by atoms with Gasteiger partial charge in [0.2, 0.25) is 17.7 Å². The van der Waals surface area contributed by atoms with Crippen LogP contribution in [0.3, 0.4) is 0 Å². The van der Waals surface area contributed by atoms with Crippen LogP contribution in [0.1, 0.15) is 5.82 Å². The summed E-state index contributed by atoms with van der Waals surface area (Å²) >= 11 is 5.91. The molecule has 0 unspecified atom stereocenters. The van der Waals surface area contributed by atoms with Gasteiger partial charge >= 0.3 is 0 Å². The number of hydrogen-bond acceptors (Lipinski definition) is 9. The summed E-state index contributed by atoms with van der Waals surface area (Å²) in [6.07, 6.45) is 1.66. The molecule has 140 valence electrons. The van der Waals surface area contributed by atoms with E-state index in [1.807, 2.05) is 23.1 Å². The Morgan fingerprint density at radius 3 is 2.11 bits per heavy atom. The number of halogens is 1. The van der Waals surface area contributed by atoms with Gasteiger partial charge in [0, 0.05) is 45.5 Å². The van der Waals surface area contributed by atoms with E-state index < -0.39 is 0 Å². The molecule has 0 aromatic carbocycles. The normalized spacial score (nSPS) is 17.7. The van der Waals surface area contributed by atoms with Gasteiger partial charge in [-0.25, -0.2) is 4.98 Å². The monoisotopic (exact) mass is 386 g/mol. The lowest BCUT2D eigenvalue weighted by Crippen LogP contribution is -2.47. The molecule has 2 fully saturated rings. The van der Waals surface area contributed by atoms with Crippen LogP contribution < -0.4 is 14.7 Å². The second-order valence-corrected chi connectivity index (χ2v) is 6.72. The first-order valence-electron chi connectivity index (χ1n) is 8.83. The Labute approximate surface area is 162 Å². The molecule has 0 amide bonds. The smallest absolute Gasteiger partial charge is 0.238 e. The Kier molecular flexibility index (Phi) is 5.18. The quantitative estimate of drug-likeness (QED) is 0.764. The van der Waals surface area contributed by atoms with E-state index in [-0.39, 0.29) is 5.82 Å². The SMILES string of the molecule is N#Cc1nc(N2CCOCC2)nc(N2CCN(c3ccc(Cl)cn3)CC2)n1. The van der Waals surface area contributed by atoms with Crippen LogP contribution in [0.2, 0.25) is 5.02 Å². The van der Waals surface area contributed by atoms with Crippen LogP contribution in [0, 0.1) is 11.3 Å². The lowest BCUT2D eigenvalue weighted by molar-refractivity contribution is 0.122. The molecule has 0 bridgehead atoms. The first-order valence-corrected chi connectivity index (χ1v) is 9.21.